The van der Waals surface area contributed by atoms with Gasteiger partial charge in [0.25, 0.3) is 5.56 Å². The molecular formula is C19H18F6N8O3. The fourth-order valence-corrected chi connectivity index (χ4v) is 3.34. The van der Waals surface area contributed by atoms with E-state index < -0.39 is 40.8 Å². The van der Waals surface area contributed by atoms with E-state index in [2.05, 4.69) is 30.6 Å². The first-order valence-corrected chi connectivity index (χ1v) is 10.4. The molecule has 0 bridgehead atoms. The first kappa shape index (κ1) is 25.3. The molecule has 0 aromatic carbocycles. The highest BCUT2D eigenvalue weighted by atomic mass is 19.4. The maximum atomic E-state index is 13.1. The van der Waals surface area contributed by atoms with E-state index >= 15 is 0 Å². The molecule has 194 valence electrons. The van der Waals surface area contributed by atoms with Crippen molar-refractivity contribution in [2.45, 2.75) is 37.8 Å². The maximum absolute atomic E-state index is 13.1. The summed E-state index contributed by atoms with van der Waals surface area (Å²) in [5.74, 6) is 0.401. The van der Waals surface area contributed by atoms with Crippen LogP contribution in [0.1, 0.15) is 35.7 Å². The number of nitrogens with zero attached hydrogens (tertiary/aromatic N) is 6. The summed E-state index contributed by atoms with van der Waals surface area (Å²) in [6.45, 7) is 2.11. The number of alkyl halides is 6. The summed E-state index contributed by atoms with van der Waals surface area (Å²) < 4.78 is 88.1. The van der Waals surface area contributed by atoms with Gasteiger partial charge in [-0.05, 0) is 6.92 Å². The minimum Gasteiger partial charge on any atom is -0.422 e. The quantitative estimate of drug-likeness (QED) is 0.427. The summed E-state index contributed by atoms with van der Waals surface area (Å²) >= 11 is 0. The zero-order valence-electron chi connectivity index (χ0n) is 18.4. The zero-order chi connectivity index (χ0) is 26.1. The number of hydrogen-bond acceptors (Lipinski definition) is 10. The number of aromatic amines is 1. The summed E-state index contributed by atoms with van der Waals surface area (Å²) in [7, 11) is 0. The lowest BCUT2D eigenvalue weighted by Crippen LogP contribution is -2.46. The van der Waals surface area contributed by atoms with Crippen molar-refractivity contribution in [2.24, 2.45) is 0 Å². The predicted molar refractivity (Wildman–Crippen MR) is 109 cm³/mol. The van der Waals surface area contributed by atoms with Crippen molar-refractivity contribution in [3.63, 3.8) is 0 Å². The highest BCUT2D eigenvalue weighted by Gasteiger charge is 2.38. The summed E-state index contributed by atoms with van der Waals surface area (Å²) in [4.78, 5) is 20.6. The lowest BCUT2D eigenvalue weighted by atomic mass is 10.0. The highest BCUT2D eigenvalue weighted by molar-refractivity contribution is 5.50. The van der Waals surface area contributed by atoms with Gasteiger partial charge in [-0.25, -0.2) is 15.1 Å². The summed E-state index contributed by atoms with van der Waals surface area (Å²) in [5.41, 5.74) is -4.17. The fourth-order valence-electron chi connectivity index (χ4n) is 3.34. The first-order chi connectivity index (χ1) is 16.9. The van der Waals surface area contributed by atoms with Gasteiger partial charge in [0.2, 0.25) is 17.7 Å². The van der Waals surface area contributed by atoms with Crippen molar-refractivity contribution in [3.05, 3.63) is 51.9 Å². The van der Waals surface area contributed by atoms with Crippen LogP contribution in [0.15, 0.2) is 27.8 Å². The number of nitrogens with one attached hydrogen (secondary N) is 2. The Labute approximate surface area is 197 Å². The number of aromatic nitrogens is 6. The van der Waals surface area contributed by atoms with Gasteiger partial charge in [-0.1, -0.05) is 0 Å². The van der Waals surface area contributed by atoms with Crippen LogP contribution >= 0.6 is 0 Å². The van der Waals surface area contributed by atoms with E-state index in [-0.39, 0.29) is 31.0 Å². The molecule has 0 amide bonds. The van der Waals surface area contributed by atoms with Gasteiger partial charge in [0.15, 0.2) is 0 Å². The third kappa shape index (κ3) is 5.72. The van der Waals surface area contributed by atoms with Crippen molar-refractivity contribution < 1.29 is 35.5 Å². The Morgan fingerprint density at radius 2 is 1.83 bits per heavy atom. The molecule has 36 heavy (non-hydrogen) atoms. The Hall–Kier alpha value is -3.76. The lowest BCUT2D eigenvalue weighted by Gasteiger charge is -2.37. The van der Waals surface area contributed by atoms with Crippen LogP contribution in [0, 0.1) is 0 Å². The van der Waals surface area contributed by atoms with Crippen molar-refractivity contribution in [3.8, 4) is 0 Å². The third-order valence-corrected chi connectivity index (χ3v) is 5.10. The molecule has 4 rings (SSSR count). The second-order valence-corrected chi connectivity index (χ2v) is 7.95. The molecule has 17 heteroatoms. The molecule has 0 radical (unpaired) electrons. The van der Waals surface area contributed by atoms with E-state index in [0.717, 1.165) is 6.20 Å². The molecule has 0 spiro atoms. The predicted octanol–water partition coefficient (Wildman–Crippen LogP) is 2.60. The Balaban J connectivity index is 1.24. The minimum atomic E-state index is -4.87. The minimum absolute atomic E-state index is 0.0513. The van der Waals surface area contributed by atoms with Crippen molar-refractivity contribution in [1.82, 2.24) is 30.4 Å². The molecule has 1 aliphatic heterocycles. The summed E-state index contributed by atoms with van der Waals surface area (Å²) in [6.07, 6.45) is -7.10. The van der Waals surface area contributed by atoms with E-state index in [1.807, 2.05) is 0 Å². The van der Waals surface area contributed by atoms with E-state index in [1.54, 1.807) is 16.9 Å². The van der Waals surface area contributed by atoms with Crippen LogP contribution in [0.4, 0.5) is 38.0 Å². The first-order valence-electron chi connectivity index (χ1n) is 10.4. The molecule has 11 nitrogen and oxygen atoms in total. The second kappa shape index (κ2) is 9.71. The molecule has 4 heterocycles. The number of halogens is 6. The Kier molecular flexibility index (Phi) is 6.83. The molecule has 0 saturated carbocycles. The van der Waals surface area contributed by atoms with Gasteiger partial charge in [-0.3, -0.25) is 4.79 Å². The normalized spacial score (nSPS) is 15.6. The van der Waals surface area contributed by atoms with Gasteiger partial charge >= 0.3 is 12.4 Å². The number of H-pyrrole nitrogens is 1. The number of ether oxygens (including phenoxy) is 1. The zero-order valence-corrected chi connectivity index (χ0v) is 18.4. The van der Waals surface area contributed by atoms with Gasteiger partial charge < -0.3 is 19.4 Å². The van der Waals surface area contributed by atoms with Gasteiger partial charge in [0.1, 0.15) is 12.2 Å². The molecule has 2 N–H and O–H groups in total. The van der Waals surface area contributed by atoms with Crippen LogP contribution in [0.2, 0.25) is 0 Å². The van der Waals surface area contributed by atoms with Gasteiger partial charge in [-0.2, -0.15) is 31.4 Å². The van der Waals surface area contributed by atoms with Crippen LogP contribution in [0.25, 0.3) is 0 Å². The Bertz CT molecular complexity index is 1240. The topological polar surface area (TPSA) is 135 Å². The van der Waals surface area contributed by atoms with Gasteiger partial charge in [0, 0.05) is 31.5 Å². The lowest BCUT2D eigenvalue weighted by molar-refractivity contribution is -0.139. The van der Waals surface area contributed by atoms with Crippen LogP contribution < -0.4 is 15.8 Å². The van der Waals surface area contributed by atoms with Crippen LogP contribution in [0.5, 0.6) is 0 Å². The van der Waals surface area contributed by atoms with Gasteiger partial charge in [0.05, 0.1) is 30.0 Å². The average molecular weight is 520 g/mol. The number of hydrogen-bond donors (Lipinski definition) is 2. The summed E-state index contributed by atoms with van der Waals surface area (Å²) in [6, 6.07) is -0.624. The van der Waals surface area contributed by atoms with Crippen molar-refractivity contribution in [1.29, 1.82) is 0 Å². The monoisotopic (exact) mass is 520 g/mol. The largest absolute Gasteiger partial charge is 0.423 e. The Morgan fingerprint density at radius 3 is 2.47 bits per heavy atom. The highest BCUT2D eigenvalue weighted by Crippen LogP contribution is 2.33. The van der Waals surface area contributed by atoms with E-state index in [0.29, 0.717) is 31.4 Å². The van der Waals surface area contributed by atoms with Crippen LogP contribution in [0.3, 0.4) is 0 Å². The number of rotatable bonds is 8. The van der Waals surface area contributed by atoms with E-state index in [4.69, 9.17) is 9.15 Å². The number of anilines is 2. The maximum Gasteiger partial charge on any atom is 0.423 e. The third-order valence-electron chi connectivity index (χ3n) is 5.10. The van der Waals surface area contributed by atoms with Gasteiger partial charge in [-0.15, -0.1) is 10.2 Å². The van der Waals surface area contributed by atoms with Crippen LogP contribution in [-0.2, 0) is 23.7 Å². The fraction of sp³-hybridized carbons (Fsp3) is 0.474. The molecule has 3 aromatic heterocycles. The average Bonchev–Trinajstić information content (AvgIpc) is 3.20. The molecule has 1 fully saturated rings. The molecule has 0 aliphatic carbocycles. The smallest absolute Gasteiger partial charge is 0.422 e. The Morgan fingerprint density at radius 1 is 1.14 bits per heavy atom. The standard InChI is InChI=1S/C19H18F6N8O3/c1-9(29-12-4-28-31-15(34)14(12)19(23,24)25)7-35-8-13-30-32-16(36-13)10-5-33(6-10)17-26-2-11(3-27-17)18(20,21)22/h2-4,9-10H,5-8H2,1H3,(H2,29,31,34). The molecule has 1 saturated heterocycles. The molecule has 1 atom stereocenters. The molecule has 3 aromatic rings. The van der Waals surface area contributed by atoms with Crippen molar-refractivity contribution >= 4 is 11.6 Å². The summed E-state index contributed by atoms with van der Waals surface area (Å²) in [5, 5.41) is 15.5. The molecular weight excluding hydrogens is 502 g/mol. The van der Waals surface area contributed by atoms with Crippen LogP contribution in [-0.4, -0.2) is 56.1 Å². The second-order valence-electron chi connectivity index (χ2n) is 7.95. The van der Waals surface area contributed by atoms with E-state index in [1.165, 1.54) is 0 Å². The van der Waals surface area contributed by atoms with Crippen molar-refractivity contribution in [2.75, 3.05) is 29.9 Å². The molecule has 1 aliphatic rings. The van der Waals surface area contributed by atoms with E-state index in [9.17, 15) is 31.1 Å². The SMILES string of the molecule is CC(COCc1nnc(C2CN(c3ncc(C(F)(F)F)cn3)C2)o1)Nc1cn[nH]c(=O)c1C(F)(F)F. The molecule has 1 unspecified atom stereocenters.